The first-order chi connectivity index (χ1) is 12.5. The van der Waals surface area contributed by atoms with E-state index in [4.69, 9.17) is 4.42 Å². The number of amides is 1. The number of pyridine rings is 1. The van der Waals surface area contributed by atoms with Crippen LogP contribution in [0.2, 0.25) is 0 Å². The normalized spacial score (nSPS) is 12.0. The van der Waals surface area contributed by atoms with Gasteiger partial charge in [-0.25, -0.2) is 13.2 Å². The molecule has 0 aliphatic heterocycles. The SMILES string of the molecule is C[C@H](Sc1nnc(-c2cccnc2)o1)C(=O)Nc1ccc(F)c(F)c1F. The molecule has 0 saturated carbocycles. The Kier molecular flexibility index (Phi) is 5.21. The minimum Gasteiger partial charge on any atom is -0.411 e. The number of thioether (sulfide) groups is 1. The summed E-state index contributed by atoms with van der Waals surface area (Å²) in [6.07, 6.45) is 3.14. The molecule has 0 radical (unpaired) electrons. The fourth-order valence-electron chi connectivity index (χ4n) is 1.92. The molecule has 2 aromatic heterocycles. The van der Waals surface area contributed by atoms with Crippen molar-refractivity contribution < 1.29 is 22.4 Å². The first kappa shape index (κ1) is 17.9. The number of halogens is 3. The predicted octanol–water partition coefficient (Wildman–Crippen LogP) is 3.67. The van der Waals surface area contributed by atoms with Gasteiger partial charge in [0.25, 0.3) is 5.22 Å². The van der Waals surface area contributed by atoms with Crippen LogP contribution in [0.4, 0.5) is 18.9 Å². The Bertz CT molecular complexity index is 936. The van der Waals surface area contributed by atoms with Crippen LogP contribution < -0.4 is 5.32 Å². The molecule has 1 N–H and O–H groups in total. The minimum absolute atomic E-state index is 0.122. The highest BCUT2D eigenvalue weighted by Crippen LogP contribution is 2.27. The Balaban J connectivity index is 1.67. The summed E-state index contributed by atoms with van der Waals surface area (Å²) >= 11 is 0.937. The number of carbonyl (C=O) groups is 1. The third-order valence-electron chi connectivity index (χ3n) is 3.25. The third-order valence-corrected chi connectivity index (χ3v) is 4.19. The smallest absolute Gasteiger partial charge is 0.277 e. The van der Waals surface area contributed by atoms with Crippen molar-refractivity contribution >= 4 is 23.4 Å². The third kappa shape index (κ3) is 3.85. The molecule has 0 spiro atoms. The van der Waals surface area contributed by atoms with Gasteiger partial charge in [-0.05, 0) is 31.2 Å². The minimum atomic E-state index is -1.65. The zero-order valence-corrected chi connectivity index (χ0v) is 14.1. The van der Waals surface area contributed by atoms with Crippen LogP contribution >= 0.6 is 11.8 Å². The number of carbonyl (C=O) groups excluding carboxylic acids is 1. The van der Waals surface area contributed by atoms with Gasteiger partial charge >= 0.3 is 0 Å². The van der Waals surface area contributed by atoms with E-state index < -0.39 is 34.3 Å². The lowest BCUT2D eigenvalue weighted by atomic mass is 10.2. The second-order valence-corrected chi connectivity index (χ2v) is 6.38. The van der Waals surface area contributed by atoms with Crippen molar-refractivity contribution in [2.75, 3.05) is 5.32 Å². The topological polar surface area (TPSA) is 80.9 Å². The molecule has 0 aliphatic rings. The van der Waals surface area contributed by atoms with Gasteiger partial charge in [-0.1, -0.05) is 11.8 Å². The molecule has 0 fully saturated rings. The van der Waals surface area contributed by atoms with Gasteiger partial charge in [0.1, 0.15) is 0 Å². The van der Waals surface area contributed by atoms with Crippen molar-refractivity contribution in [1.29, 1.82) is 0 Å². The maximum absolute atomic E-state index is 13.6. The molecule has 134 valence electrons. The Labute approximate surface area is 149 Å². The molecule has 0 bridgehead atoms. The highest BCUT2D eigenvalue weighted by Gasteiger charge is 2.21. The molecule has 1 atom stereocenters. The molecule has 10 heteroatoms. The predicted molar refractivity (Wildman–Crippen MR) is 87.8 cm³/mol. The second kappa shape index (κ2) is 7.56. The second-order valence-electron chi connectivity index (χ2n) is 5.09. The number of anilines is 1. The molecule has 1 amide bonds. The summed E-state index contributed by atoms with van der Waals surface area (Å²) in [4.78, 5) is 16.1. The molecular formula is C16H11F3N4O2S. The first-order valence-electron chi connectivity index (χ1n) is 7.30. The number of benzene rings is 1. The monoisotopic (exact) mass is 380 g/mol. The van der Waals surface area contributed by atoms with Crippen molar-refractivity contribution in [3.05, 3.63) is 54.1 Å². The van der Waals surface area contributed by atoms with Gasteiger partial charge in [-0.3, -0.25) is 9.78 Å². The van der Waals surface area contributed by atoms with Crippen molar-refractivity contribution in [3.8, 4) is 11.5 Å². The zero-order chi connectivity index (χ0) is 18.7. The molecule has 2 heterocycles. The maximum atomic E-state index is 13.6. The molecule has 3 aromatic rings. The van der Waals surface area contributed by atoms with Crippen molar-refractivity contribution in [3.63, 3.8) is 0 Å². The van der Waals surface area contributed by atoms with Crippen LogP contribution in [0.5, 0.6) is 0 Å². The zero-order valence-electron chi connectivity index (χ0n) is 13.2. The van der Waals surface area contributed by atoms with E-state index in [0.717, 1.165) is 23.9 Å². The maximum Gasteiger partial charge on any atom is 0.277 e. The lowest BCUT2D eigenvalue weighted by Gasteiger charge is -2.11. The van der Waals surface area contributed by atoms with Gasteiger partial charge in [-0.15, -0.1) is 10.2 Å². The number of rotatable bonds is 5. The van der Waals surface area contributed by atoms with Crippen molar-refractivity contribution in [1.82, 2.24) is 15.2 Å². The van der Waals surface area contributed by atoms with Gasteiger partial charge in [-0.2, -0.15) is 0 Å². The van der Waals surface area contributed by atoms with Gasteiger partial charge < -0.3 is 9.73 Å². The molecule has 1 aromatic carbocycles. The average molecular weight is 380 g/mol. The van der Waals surface area contributed by atoms with Gasteiger partial charge in [0.15, 0.2) is 17.5 Å². The summed E-state index contributed by atoms with van der Waals surface area (Å²) in [6, 6.07) is 5.11. The average Bonchev–Trinajstić information content (AvgIpc) is 3.11. The van der Waals surface area contributed by atoms with Crippen LogP contribution in [0, 0.1) is 17.5 Å². The number of hydrogen-bond donors (Lipinski definition) is 1. The van der Waals surface area contributed by atoms with E-state index in [1.54, 1.807) is 24.5 Å². The van der Waals surface area contributed by atoms with Gasteiger partial charge in [0, 0.05) is 12.4 Å². The van der Waals surface area contributed by atoms with Crippen molar-refractivity contribution in [2.24, 2.45) is 0 Å². The van der Waals surface area contributed by atoms with E-state index in [2.05, 4.69) is 20.5 Å². The van der Waals surface area contributed by atoms with Crippen LogP contribution in [0.3, 0.4) is 0 Å². The molecular weight excluding hydrogens is 369 g/mol. The number of hydrogen-bond acceptors (Lipinski definition) is 6. The Morgan fingerprint density at radius 2 is 2.00 bits per heavy atom. The van der Waals surface area contributed by atoms with E-state index in [-0.39, 0.29) is 11.1 Å². The van der Waals surface area contributed by atoms with E-state index in [1.807, 2.05) is 0 Å². The number of nitrogens with zero attached hydrogens (tertiary/aromatic N) is 3. The summed E-state index contributed by atoms with van der Waals surface area (Å²) in [5, 5.41) is 9.24. The number of aromatic nitrogens is 3. The highest BCUT2D eigenvalue weighted by atomic mass is 32.2. The summed E-state index contributed by atoms with van der Waals surface area (Å²) < 4.78 is 45.2. The fourth-order valence-corrected chi connectivity index (χ4v) is 2.61. The molecule has 26 heavy (non-hydrogen) atoms. The van der Waals surface area contributed by atoms with Gasteiger partial charge in [0.05, 0.1) is 16.5 Å². The highest BCUT2D eigenvalue weighted by molar-refractivity contribution is 8.00. The van der Waals surface area contributed by atoms with E-state index in [9.17, 15) is 18.0 Å². The Morgan fingerprint density at radius 3 is 2.73 bits per heavy atom. The quantitative estimate of drug-likeness (QED) is 0.537. The molecule has 0 aliphatic carbocycles. The Morgan fingerprint density at radius 1 is 1.19 bits per heavy atom. The largest absolute Gasteiger partial charge is 0.411 e. The van der Waals surface area contributed by atoms with E-state index >= 15 is 0 Å². The fraction of sp³-hybridized carbons (Fsp3) is 0.125. The van der Waals surface area contributed by atoms with Crippen LogP contribution in [-0.4, -0.2) is 26.3 Å². The Hall–Kier alpha value is -2.88. The standard InChI is InChI=1S/C16H11F3N4O2S/c1-8(14(24)21-11-5-4-10(17)12(18)13(11)19)26-16-23-22-15(25-16)9-3-2-6-20-7-9/h2-8H,1H3,(H,21,24)/t8-/m0/s1. The molecule has 3 rings (SSSR count). The van der Waals surface area contributed by atoms with Crippen LogP contribution in [0.15, 0.2) is 46.3 Å². The lowest BCUT2D eigenvalue weighted by molar-refractivity contribution is -0.115. The number of nitrogens with one attached hydrogen (secondary N) is 1. The van der Waals surface area contributed by atoms with Gasteiger partial charge in [0.2, 0.25) is 11.8 Å². The van der Waals surface area contributed by atoms with Crippen LogP contribution in [0.1, 0.15) is 6.92 Å². The summed E-state index contributed by atoms with van der Waals surface area (Å²) in [5.41, 5.74) is 0.163. The summed E-state index contributed by atoms with van der Waals surface area (Å²) in [6.45, 7) is 1.52. The van der Waals surface area contributed by atoms with Crippen LogP contribution in [-0.2, 0) is 4.79 Å². The van der Waals surface area contributed by atoms with Crippen LogP contribution in [0.25, 0.3) is 11.5 Å². The molecule has 0 saturated heterocycles. The first-order valence-corrected chi connectivity index (χ1v) is 8.18. The van der Waals surface area contributed by atoms with Crippen molar-refractivity contribution in [2.45, 2.75) is 17.4 Å². The summed E-state index contributed by atoms with van der Waals surface area (Å²) in [5.74, 6) is -4.86. The summed E-state index contributed by atoms with van der Waals surface area (Å²) in [7, 11) is 0. The van der Waals surface area contributed by atoms with E-state index in [0.29, 0.717) is 5.56 Å². The lowest BCUT2D eigenvalue weighted by Crippen LogP contribution is -2.23. The molecule has 6 nitrogen and oxygen atoms in total. The molecule has 0 unspecified atom stereocenters. The van der Waals surface area contributed by atoms with E-state index in [1.165, 1.54) is 6.92 Å².